The lowest BCUT2D eigenvalue weighted by molar-refractivity contribution is -0.390. The average Bonchev–Trinajstić information content (AvgIpc) is 2.29. The molecule has 110 valence electrons. The monoisotopic (exact) mass is 298 g/mol. The molecule has 1 rings (SSSR count). The van der Waals surface area contributed by atoms with Crippen LogP contribution in [0.4, 0.5) is 23.4 Å². The molecule has 20 heavy (non-hydrogen) atoms. The molecule has 0 saturated heterocycles. The highest BCUT2D eigenvalue weighted by atomic mass is 19.4. The molecule has 0 aliphatic rings. The summed E-state index contributed by atoms with van der Waals surface area (Å²) in [6, 6.07) is 0.335. The number of nitro groups is 1. The highest BCUT2D eigenvalue weighted by Crippen LogP contribution is 2.31. The van der Waals surface area contributed by atoms with Gasteiger partial charge in [-0.25, -0.2) is 4.79 Å². The first-order valence-corrected chi connectivity index (χ1v) is 4.93. The van der Waals surface area contributed by atoms with E-state index >= 15 is 0 Å². The first kappa shape index (κ1) is 15.6. The van der Waals surface area contributed by atoms with E-state index < -0.39 is 40.3 Å². The number of hydrogen-bond acceptors (Lipinski definition) is 6. The summed E-state index contributed by atoms with van der Waals surface area (Å²) >= 11 is 0. The van der Waals surface area contributed by atoms with Crippen LogP contribution in [-0.2, 0) is 4.74 Å². The van der Waals surface area contributed by atoms with Crippen molar-refractivity contribution in [1.82, 2.24) is 4.98 Å². The third kappa shape index (κ3) is 3.76. The van der Waals surface area contributed by atoms with E-state index in [9.17, 15) is 32.5 Å². The van der Waals surface area contributed by atoms with Crippen molar-refractivity contribution in [2.45, 2.75) is 13.3 Å². The largest absolute Gasteiger partial charge is 0.573 e. The second-order valence-electron chi connectivity index (χ2n) is 3.17. The fourth-order valence-corrected chi connectivity index (χ4v) is 1.16. The van der Waals surface area contributed by atoms with Crippen LogP contribution in [-0.4, -0.2) is 28.8 Å². The molecule has 0 saturated carbocycles. The van der Waals surface area contributed by atoms with E-state index in [0.717, 1.165) is 0 Å². The van der Waals surface area contributed by atoms with E-state index in [1.54, 1.807) is 0 Å². The number of nitrogens with zero attached hydrogens (tertiary/aromatic N) is 2. The van der Waals surface area contributed by atoms with Crippen LogP contribution in [0.25, 0.3) is 0 Å². The highest BCUT2D eigenvalue weighted by Gasteiger charge is 2.38. The molecule has 0 aliphatic heterocycles. The van der Waals surface area contributed by atoms with Crippen molar-refractivity contribution in [1.29, 1.82) is 0 Å². The van der Waals surface area contributed by atoms with Crippen LogP contribution in [0.15, 0.2) is 6.07 Å². The molecule has 11 heteroatoms. The zero-order valence-corrected chi connectivity index (χ0v) is 9.73. The minimum atomic E-state index is -5.31. The Morgan fingerprint density at radius 3 is 2.55 bits per heavy atom. The van der Waals surface area contributed by atoms with Gasteiger partial charge in [-0.05, 0) is 16.8 Å². The number of halogens is 4. The summed E-state index contributed by atoms with van der Waals surface area (Å²) in [5.41, 5.74) is -1.08. The van der Waals surface area contributed by atoms with Crippen molar-refractivity contribution in [3.63, 3.8) is 0 Å². The molecule has 1 aromatic rings. The molecule has 0 spiro atoms. The van der Waals surface area contributed by atoms with Gasteiger partial charge in [0.1, 0.15) is 5.56 Å². The number of aromatic nitrogens is 1. The van der Waals surface area contributed by atoms with Crippen LogP contribution < -0.4 is 4.74 Å². The average molecular weight is 298 g/mol. The third-order valence-electron chi connectivity index (χ3n) is 1.82. The molecule has 0 atom stereocenters. The Morgan fingerprint density at radius 1 is 1.50 bits per heavy atom. The minimum absolute atomic E-state index is 0.234. The first-order chi connectivity index (χ1) is 9.15. The standard InChI is InChI=1S/C9H6F4N2O5/c1-2-19-8(16)4-3-5(15(17)18)14-7(10)6(4)20-9(11,12)13/h3H,2H2,1H3. The number of rotatable bonds is 4. The van der Waals surface area contributed by atoms with E-state index in [2.05, 4.69) is 14.5 Å². The molecule has 0 radical (unpaired) electrons. The summed E-state index contributed by atoms with van der Waals surface area (Å²) in [5, 5.41) is 10.4. The van der Waals surface area contributed by atoms with E-state index in [1.165, 1.54) is 6.92 Å². The predicted molar refractivity (Wildman–Crippen MR) is 53.5 cm³/mol. The smallest absolute Gasteiger partial charge is 0.462 e. The minimum Gasteiger partial charge on any atom is -0.462 e. The quantitative estimate of drug-likeness (QED) is 0.278. The maximum Gasteiger partial charge on any atom is 0.573 e. The predicted octanol–water partition coefficient (Wildman–Crippen LogP) is 2.20. The van der Waals surface area contributed by atoms with Gasteiger partial charge in [-0.3, -0.25) is 0 Å². The van der Waals surface area contributed by atoms with Gasteiger partial charge in [-0.2, -0.15) is 4.39 Å². The van der Waals surface area contributed by atoms with Gasteiger partial charge in [-0.15, -0.1) is 13.2 Å². The molecule has 0 fully saturated rings. The summed E-state index contributed by atoms with van der Waals surface area (Å²) < 4.78 is 57.3. The molecule has 0 unspecified atom stereocenters. The Kier molecular flexibility index (Phi) is 4.42. The lowest BCUT2D eigenvalue weighted by atomic mass is 10.2. The SMILES string of the molecule is CCOC(=O)c1cc([N+](=O)[O-])nc(F)c1OC(F)(F)F. The number of ether oxygens (including phenoxy) is 2. The molecular weight excluding hydrogens is 292 g/mol. The van der Waals surface area contributed by atoms with Crippen LogP contribution in [0.2, 0.25) is 0 Å². The van der Waals surface area contributed by atoms with Crippen LogP contribution in [0, 0.1) is 16.1 Å². The van der Waals surface area contributed by atoms with Crippen molar-refractivity contribution in [3.8, 4) is 5.75 Å². The molecule has 0 aromatic carbocycles. The lowest BCUT2D eigenvalue weighted by Crippen LogP contribution is -2.21. The molecule has 1 aromatic heterocycles. The summed E-state index contributed by atoms with van der Waals surface area (Å²) in [4.78, 5) is 23.3. The van der Waals surface area contributed by atoms with E-state index in [0.29, 0.717) is 6.07 Å². The van der Waals surface area contributed by atoms with Crippen molar-refractivity contribution in [2.24, 2.45) is 0 Å². The molecule has 0 amide bonds. The normalized spacial score (nSPS) is 11.1. The van der Waals surface area contributed by atoms with Crippen molar-refractivity contribution in [3.05, 3.63) is 27.7 Å². The van der Waals surface area contributed by atoms with Crippen molar-refractivity contribution < 1.29 is 36.8 Å². The Morgan fingerprint density at radius 2 is 2.10 bits per heavy atom. The van der Waals surface area contributed by atoms with E-state index in [-0.39, 0.29) is 6.61 Å². The number of carbonyl (C=O) groups is 1. The number of esters is 1. The van der Waals surface area contributed by atoms with Gasteiger partial charge >= 0.3 is 24.1 Å². The summed E-state index contributed by atoms with van der Waals surface area (Å²) in [6.07, 6.45) is -5.31. The summed E-state index contributed by atoms with van der Waals surface area (Å²) in [5.74, 6) is -6.09. The van der Waals surface area contributed by atoms with Crippen LogP contribution >= 0.6 is 0 Å². The van der Waals surface area contributed by atoms with Crippen molar-refractivity contribution in [2.75, 3.05) is 6.61 Å². The molecule has 0 aliphatic carbocycles. The fourth-order valence-electron chi connectivity index (χ4n) is 1.16. The van der Waals surface area contributed by atoms with Crippen LogP contribution in [0.1, 0.15) is 17.3 Å². The van der Waals surface area contributed by atoms with Gasteiger partial charge in [-0.1, -0.05) is 0 Å². The zero-order chi connectivity index (χ0) is 15.5. The van der Waals surface area contributed by atoms with E-state index in [4.69, 9.17) is 0 Å². The molecule has 7 nitrogen and oxygen atoms in total. The second kappa shape index (κ2) is 5.67. The molecule has 0 N–H and O–H groups in total. The summed E-state index contributed by atoms with van der Waals surface area (Å²) in [7, 11) is 0. The topological polar surface area (TPSA) is 91.6 Å². The second-order valence-corrected chi connectivity index (χ2v) is 3.17. The van der Waals surface area contributed by atoms with Gasteiger partial charge < -0.3 is 19.6 Å². The Bertz CT molecular complexity index is 546. The Hall–Kier alpha value is -2.46. The molecular formula is C9H6F4N2O5. The summed E-state index contributed by atoms with van der Waals surface area (Å²) in [6.45, 7) is 1.11. The lowest BCUT2D eigenvalue weighted by Gasteiger charge is -2.11. The van der Waals surface area contributed by atoms with Gasteiger partial charge in [0.15, 0.2) is 0 Å². The fraction of sp³-hybridized carbons (Fsp3) is 0.333. The van der Waals surface area contributed by atoms with E-state index in [1.807, 2.05) is 0 Å². The molecule has 1 heterocycles. The number of carbonyl (C=O) groups excluding carboxylic acids is 1. The number of pyridine rings is 1. The third-order valence-corrected chi connectivity index (χ3v) is 1.82. The van der Waals surface area contributed by atoms with Crippen molar-refractivity contribution >= 4 is 11.8 Å². The number of alkyl halides is 3. The van der Waals surface area contributed by atoms with Gasteiger partial charge in [0, 0.05) is 0 Å². The van der Waals surface area contributed by atoms with Gasteiger partial charge in [0.25, 0.3) is 0 Å². The maximum absolute atomic E-state index is 13.4. The van der Waals surface area contributed by atoms with Crippen LogP contribution in [0.3, 0.4) is 0 Å². The van der Waals surface area contributed by atoms with Gasteiger partial charge in [0.2, 0.25) is 5.75 Å². The first-order valence-electron chi connectivity index (χ1n) is 4.93. The van der Waals surface area contributed by atoms with Crippen LogP contribution in [0.5, 0.6) is 5.75 Å². The molecule has 0 bridgehead atoms. The number of hydrogen-bond donors (Lipinski definition) is 0. The Balaban J connectivity index is 3.40. The zero-order valence-electron chi connectivity index (χ0n) is 9.73. The highest BCUT2D eigenvalue weighted by molar-refractivity contribution is 5.93. The Labute approximate surface area is 108 Å². The van der Waals surface area contributed by atoms with Gasteiger partial charge in [0.05, 0.1) is 12.7 Å². The maximum atomic E-state index is 13.4.